The molecule has 2 aliphatic rings. The molecule has 19 heavy (non-hydrogen) atoms. The maximum absolute atomic E-state index is 11.9. The second-order valence-electron chi connectivity index (χ2n) is 4.96. The summed E-state index contributed by atoms with van der Waals surface area (Å²) in [6.07, 6.45) is 2.29. The van der Waals surface area contributed by atoms with Crippen LogP contribution >= 0.6 is 11.8 Å². The Labute approximate surface area is 116 Å². The first-order chi connectivity index (χ1) is 9.16. The summed E-state index contributed by atoms with van der Waals surface area (Å²) in [6.45, 7) is 0. The average Bonchev–Trinajstić information content (AvgIpc) is 2.65. The largest absolute Gasteiger partial charge is 0.382 e. The van der Waals surface area contributed by atoms with Gasteiger partial charge in [0.2, 0.25) is 0 Å². The van der Waals surface area contributed by atoms with Gasteiger partial charge in [-0.1, -0.05) is 0 Å². The van der Waals surface area contributed by atoms with Crippen molar-refractivity contribution in [2.24, 2.45) is 0 Å². The molecule has 1 fully saturated rings. The van der Waals surface area contributed by atoms with Crippen molar-refractivity contribution in [3.63, 3.8) is 0 Å². The number of imide groups is 1. The van der Waals surface area contributed by atoms with Crippen LogP contribution in [0.3, 0.4) is 0 Å². The summed E-state index contributed by atoms with van der Waals surface area (Å²) < 4.78 is 0. The number of carbonyl (C=O) groups is 2. The zero-order valence-electron chi connectivity index (χ0n) is 10.8. The molecule has 0 bridgehead atoms. The number of benzene rings is 1. The first-order valence-electron chi connectivity index (χ1n) is 6.47. The van der Waals surface area contributed by atoms with E-state index in [1.165, 1.54) is 23.5 Å². The number of rotatable bonds is 2. The predicted molar refractivity (Wildman–Crippen MR) is 76.8 cm³/mol. The summed E-state index contributed by atoms with van der Waals surface area (Å²) in [6, 6.07) is 5.93. The first kappa shape index (κ1) is 12.5. The number of anilines is 1. The van der Waals surface area contributed by atoms with Crippen molar-refractivity contribution in [3.8, 4) is 0 Å². The zero-order chi connectivity index (χ0) is 13.4. The van der Waals surface area contributed by atoms with Gasteiger partial charge in [0.25, 0.3) is 11.8 Å². The van der Waals surface area contributed by atoms with Gasteiger partial charge in [-0.05, 0) is 42.5 Å². The Bertz CT molecular complexity index is 538. The number of hydrogen-bond donors (Lipinski definition) is 1. The molecule has 0 spiro atoms. The van der Waals surface area contributed by atoms with E-state index < -0.39 is 0 Å². The van der Waals surface area contributed by atoms with Crippen LogP contribution in [0.2, 0.25) is 0 Å². The van der Waals surface area contributed by atoms with Crippen LogP contribution in [-0.4, -0.2) is 41.3 Å². The van der Waals surface area contributed by atoms with Crippen molar-refractivity contribution in [1.29, 1.82) is 0 Å². The minimum Gasteiger partial charge on any atom is -0.382 e. The number of amides is 2. The molecule has 3 rings (SSSR count). The molecule has 0 saturated carbocycles. The van der Waals surface area contributed by atoms with E-state index in [1.54, 1.807) is 12.1 Å². The Kier molecular flexibility index (Phi) is 3.22. The monoisotopic (exact) mass is 276 g/mol. The van der Waals surface area contributed by atoms with Gasteiger partial charge in [0.05, 0.1) is 11.1 Å². The molecule has 1 aromatic carbocycles. The first-order valence-corrected chi connectivity index (χ1v) is 7.63. The zero-order valence-corrected chi connectivity index (χ0v) is 11.6. The maximum atomic E-state index is 11.9. The molecule has 0 aliphatic carbocycles. The van der Waals surface area contributed by atoms with E-state index in [0.717, 1.165) is 18.5 Å². The van der Waals surface area contributed by atoms with Gasteiger partial charge in [-0.15, -0.1) is 0 Å². The van der Waals surface area contributed by atoms with Crippen LogP contribution in [0, 0.1) is 0 Å². The molecule has 0 aromatic heterocycles. The lowest BCUT2D eigenvalue weighted by atomic mass is 10.1. The minimum atomic E-state index is -0.208. The van der Waals surface area contributed by atoms with Crippen molar-refractivity contribution in [3.05, 3.63) is 29.3 Å². The second-order valence-corrected chi connectivity index (χ2v) is 6.19. The predicted octanol–water partition coefficient (Wildman–Crippen LogP) is 2.22. The maximum Gasteiger partial charge on any atom is 0.261 e. The summed E-state index contributed by atoms with van der Waals surface area (Å²) in [7, 11) is 1.52. The SMILES string of the molecule is CN1C(=O)c2ccc(NC3CCSCC3)cc2C1=O. The van der Waals surface area contributed by atoms with Crippen LogP contribution in [0.25, 0.3) is 0 Å². The standard InChI is InChI=1S/C14H16N2O2S/c1-16-13(17)11-3-2-10(8-12(11)14(16)18)15-9-4-6-19-7-5-9/h2-3,8-9,15H,4-7H2,1H3. The van der Waals surface area contributed by atoms with Crippen LogP contribution in [-0.2, 0) is 0 Å². The highest BCUT2D eigenvalue weighted by molar-refractivity contribution is 7.99. The molecule has 0 atom stereocenters. The van der Waals surface area contributed by atoms with Crippen molar-refractivity contribution >= 4 is 29.3 Å². The van der Waals surface area contributed by atoms with Crippen LogP contribution < -0.4 is 5.32 Å². The van der Waals surface area contributed by atoms with Gasteiger partial charge >= 0.3 is 0 Å². The normalized spacial score (nSPS) is 19.7. The molecule has 0 unspecified atom stereocenters. The van der Waals surface area contributed by atoms with Crippen LogP contribution in [0.15, 0.2) is 18.2 Å². The van der Waals surface area contributed by atoms with Gasteiger partial charge in [-0.3, -0.25) is 14.5 Å². The number of nitrogens with zero attached hydrogens (tertiary/aromatic N) is 1. The molecule has 2 amide bonds. The third kappa shape index (κ3) is 2.23. The van der Waals surface area contributed by atoms with E-state index in [0.29, 0.717) is 17.2 Å². The molecule has 2 aliphatic heterocycles. The fraction of sp³-hybridized carbons (Fsp3) is 0.429. The van der Waals surface area contributed by atoms with Crippen LogP contribution in [0.5, 0.6) is 0 Å². The molecule has 1 saturated heterocycles. The number of thioether (sulfide) groups is 1. The van der Waals surface area contributed by atoms with Gasteiger partial charge < -0.3 is 5.32 Å². The van der Waals surface area contributed by atoms with Crippen LogP contribution in [0.1, 0.15) is 33.6 Å². The summed E-state index contributed by atoms with van der Waals surface area (Å²) in [5.41, 5.74) is 1.96. The molecule has 4 nitrogen and oxygen atoms in total. The van der Waals surface area contributed by atoms with Crippen molar-refractivity contribution < 1.29 is 9.59 Å². The Balaban J connectivity index is 1.82. The van der Waals surface area contributed by atoms with E-state index in [4.69, 9.17) is 0 Å². The van der Waals surface area contributed by atoms with Crippen LogP contribution in [0.4, 0.5) is 5.69 Å². The van der Waals surface area contributed by atoms with Crippen molar-refractivity contribution in [2.45, 2.75) is 18.9 Å². The molecule has 1 aromatic rings. The molecule has 2 heterocycles. The molecular weight excluding hydrogens is 260 g/mol. The number of fused-ring (bicyclic) bond motifs is 1. The van der Waals surface area contributed by atoms with Crippen molar-refractivity contribution in [1.82, 2.24) is 4.90 Å². The van der Waals surface area contributed by atoms with Gasteiger partial charge in [0.1, 0.15) is 0 Å². The molecule has 5 heteroatoms. The minimum absolute atomic E-state index is 0.206. The smallest absolute Gasteiger partial charge is 0.261 e. The Morgan fingerprint density at radius 3 is 2.58 bits per heavy atom. The highest BCUT2D eigenvalue weighted by Crippen LogP contribution is 2.26. The summed E-state index contributed by atoms with van der Waals surface area (Å²) in [4.78, 5) is 24.9. The second kappa shape index (κ2) is 4.89. The van der Waals surface area contributed by atoms with Gasteiger partial charge in [0.15, 0.2) is 0 Å². The summed E-state index contributed by atoms with van der Waals surface area (Å²) >= 11 is 1.98. The number of carbonyl (C=O) groups excluding carboxylic acids is 2. The lowest BCUT2D eigenvalue weighted by Gasteiger charge is -2.23. The lowest BCUT2D eigenvalue weighted by Crippen LogP contribution is -2.24. The van der Waals surface area contributed by atoms with E-state index in [2.05, 4.69) is 5.32 Å². The molecular formula is C14H16N2O2S. The third-order valence-corrected chi connectivity index (χ3v) is 4.73. The topological polar surface area (TPSA) is 49.4 Å². The quantitative estimate of drug-likeness (QED) is 0.842. The van der Waals surface area contributed by atoms with Crippen molar-refractivity contribution in [2.75, 3.05) is 23.9 Å². The fourth-order valence-electron chi connectivity index (χ4n) is 2.53. The average molecular weight is 276 g/mol. The molecule has 100 valence electrons. The van der Waals surface area contributed by atoms with E-state index in [1.807, 2.05) is 17.8 Å². The summed E-state index contributed by atoms with van der Waals surface area (Å²) in [5.74, 6) is 1.95. The molecule has 0 radical (unpaired) electrons. The lowest BCUT2D eigenvalue weighted by molar-refractivity contribution is 0.0693. The molecule has 1 N–H and O–H groups in total. The number of nitrogens with one attached hydrogen (secondary N) is 1. The van der Waals surface area contributed by atoms with Gasteiger partial charge in [-0.2, -0.15) is 11.8 Å². The third-order valence-electron chi connectivity index (χ3n) is 3.68. The Hall–Kier alpha value is -1.49. The van der Waals surface area contributed by atoms with E-state index >= 15 is 0 Å². The Morgan fingerprint density at radius 1 is 1.16 bits per heavy atom. The highest BCUT2D eigenvalue weighted by atomic mass is 32.2. The highest BCUT2D eigenvalue weighted by Gasteiger charge is 2.32. The summed E-state index contributed by atoms with van der Waals surface area (Å²) in [5, 5.41) is 3.47. The van der Waals surface area contributed by atoms with Gasteiger partial charge in [-0.25, -0.2) is 0 Å². The van der Waals surface area contributed by atoms with E-state index in [-0.39, 0.29) is 11.8 Å². The Morgan fingerprint density at radius 2 is 1.84 bits per heavy atom. The number of hydrogen-bond acceptors (Lipinski definition) is 4. The fourth-order valence-corrected chi connectivity index (χ4v) is 3.64. The van der Waals surface area contributed by atoms with E-state index in [9.17, 15) is 9.59 Å². The van der Waals surface area contributed by atoms with Gasteiger partial charge in [0, 0.05) is 18.8 Å².